The summed E-state index contributed by atoms with van der Waals surface area (Å²) in [5, 5.41) is 12.1. The number of benzene rings is 2. The highest BCUT2D eigenvalue weighted by Gasteiger charge is 2.25. The molecule has 0 fully saturated rings. The Labute approximate surface area is 198 Å². The normalized spacial score (nSPS) is 13.0. The number of nitrogens with one attached hydrogen (secondary N) is 1. The molecule has 0 unspecified atom stereocenters. The fraction of sp³-hybridized carbons (Fsp3) is 0.333. The molecule has 2 atom stereocenters. The van der Waals surface area contributed by atoms with E-state index in [1.54, 1.807) is 24.3 Å². The van der Waals surface area contributed by atoms with Crippen molar-refractivity contribution in [3.63, 3.8) is 0 Å². The zero-order valence-electron chi connectivity index (χ0n) is 19.4. The minimum Gasteiger partial charge on any atom is -0.366 e. The number of hydrogen-bond donors (Lipinski definition) is 2. The highest BCUT2D eigenvalue weighted by molar-refractivity contribution is 8.00. The van der Waals surface area contributed by atoms with Gasteiger partial charge >= 0.3 is 0 Å². The number of carbonyl (C=O) groups excluding carboxylic acids is 2. The molecule has 8 nitrogen and oxygen atoms in total. The minimum atomic E-state index is -0.506. The topological polar surface area (TPSA) is 106 Å². The molecule has 2 amide bonds. The van der Waals surface area contributed by atoms with Gasteiger partial charge in [-0.3, -0.25) is 14.5 Å². The third-order valence-corrected chi connectivity index (χ3v) is 6.41. The SMILES string of the molecule is CC[C@@H](c1nnc(S[C@@H](C)C(=O)Nc2ccc(C(N)=O)cc2)n1Cc1ccccc1)N(C)C. The van der Waals surface area contributed by atoms with Gasteiger partial charge in [0.15, 0.2) is 11.0 Å². The van der Waals surface area contributed by atoms with Gasteiger partial charge in [-0.25, -0.2) is 0 Å². The molecular formula is C24H30N6O2S. The van der Waals surface area contributed by atoms with Gasteiger partial charge in [0.1, 0.15) is 0 Å². The molecule has 2 aromatic carbocycles. The molecular weight excluding hydrogens is 436 g/mol. The van der Waals surface area contributed by atoms with E-state index in [1.807, 2.05) is 39.2 Å². The van der Waals surface area contributed by atoms with Crippen LogP contribution in [-0.4, -0.2) is 50.8 Å². The van der Waals surface area contributed by atoms with E-state index in [-0.39, 0.29) is 11.9 Å². The summed E-state index contributed by atoms with van der Waals surface area (Å²) in [5.74, 6) is 0.208. The smallest absolute Gasteiger partial charge is 0.248 e. The summed E-state index contributed by atoms with van der Waals surface area (Å²) in [6, 6.07) is 16.8. The van der Waals surface area contributed by atoms with Gasteiger partial charge in [-0.15, -0.1) is 10.2 Å². The van der Waals surface area contributed by atoms with E-state index in [0.29, 0.717) is 23.0 Å². The van der Waals surface area contributed by atoms with Crippen molar-refractivity contribution in [3.8, 4) is 0 Å². The maximum absolute atomic E-state index is 12.8. The predicted molar refractivity (Wildman–Crippen MR) is 131 cm³/mol. The van der Waals surface area contributed by atoms with E-state index >= 15 is 0 Å². The number of carbonyl (C=O) groups is 2. The average molecular weight is 467 g/mol. The summed E-state index contributed by atoms with van der Waals surface area (Å²) in [5.41, 5.74) is 7.40. The fourth-order valence-corrected chi connectivity index (χ4v) is 4.36. The molecule has 33 heavy (non-hydrogen) atoms. The number of rotatable bonds is 10. The Balaban J connectivity index is 1.80. The first-order valence-corrected chi connectivity index (χ1v) is 11.7. The van der Waals surface area contributed by atoms with Crippen LogP contribution < -0.4 is 11.1 Å². The van der Waals surface area contributed by atoms with Crippen LogP contribution in [0.4, 0.5) is 5.69 Å². The van der Waals surface area contributed by atoms with Gasteiger partial charge in [0.25, 0.3) is 0 Å². The molecule has 0 bridgehead atoms. The molecule has 0 aliphatic heterocycles. The molecule has 3 rings (SSSR count). The molecule has 0 aliphatic rings. The summed E-state index contributed by atoms with van der Waals surface area (Å²) in [6.07, 6.45) is 0.891. The van der Waals surface area contributed by atoms with Crippen molar-refractivity contribution in [2.45, 2.75) is 43.3 Å². The molecule has 0 saturated heterocycles. The van der Waals surface area contributed by atoms with E-state index in [9.17, 15) is 9.59 Å². The molecule has 9 heteroatoms. The van der Waals surface area contributed by atoms with E-state index in [1.165, 1.54) is 11.8 Å². The third kappa shape index (κ3) is 6.21. The minimum absolute atomic E-state index is 0.114. The van der Waals surface area contributed by atoms with Crippen molar-refractivity contribution in [2.24, 2.45) is 5.73 Å². The molecule has 0 radical (unpaired) electrons. The number of nitrogens with zero attached hydrogens (tertiary/aromatic N) is 4. The number of aromatic nitrogens is 3. The largest absolute Gasteiger partial charge is 0.366 e. The van der Waals surface area contributed by atoms with E-state index in [2.05, 4.69) is 44.0 Å². The Morgan fingerprint density at radius 3 is 2.33 bits per heavy atom. The number of hydrogen-bond acceptors (Lipinski definition) is 6. The molecule has 1 heterocycles. The number of nitrogens with two attached hydrogens (primary N) is 1. The molecule has 0 aliphatic carbocycles. The van der Waals surface area contributed by atoms with Gasteiger partial charge < -0.3 is 15.6 Å². The molecule has 3 aromatic rings. The van der Waals surface area contributed by atoms with Crippen LogP contribution in [0.2, 0.25) is 0 Å². The summed E-state index contributed by atoms with van der Waals surface area (Å²) in [6.45, 7) is 4.58. The Morgan fingerprint density at radius 1 is 1.09 bits per heavy atom. The van der Waals surface area contributed by atoms with Gasteiger partial charge in [0.05, 0.1) is 17.8 Å². The van der Waals surface area contributed by atoms with Crippen molar-refractivity contribution in [3.05, 3.63) is 71.5 Å². The summed E-state index contributed by atoms with van der Waals surface area (Å²) in [7, 11) is 4.06. The van der Waals surface area contributed by atoms with Crippen molar-refractivity contribution >= 4 is 29.3 Å². The van der Waals surface area contributed by atoms with Crippen LogP contribution in [0.15, 0.2) is 59.8 Å². The lowest BCUT2D eigenvalue weighted by Gasteiger charge is -2.23. The monoisotopic (exact) mass is 466 g/mol. The van der Waals surface area contributed by atoms with Gasteiger partial charge in [-0.1, -0.05) is 49.0 Å². The standard InChI is InChI=1S/C24H30N6O2S/c1-5-20(29(3)4)22-27-28-24(30(22)15-17-9-7-6-8-10-17)33-16(2)23(32)26-19-13-11-18(12-14-19)21(25)31/h6-14,16,20H,5,15H2,1-4H3,(H2,25,31)(H,26,32)/t16-,20-/m0/s1. The van der Waals surface area contributed by atoms with Gasteiger partial charge in [0.2, 0.25) is 11.8 Å². The highest BCUT2D eigenvalue weighted by Crippen LogP contribution is 2.29. The van der Waals surface area contributed by atoms with Crippen molar-refractivity contribution < 1.29 is 9.59 Å². The second kappa shape index (κ2) is 11.1. The van der Waals surface area contributed by atoms with E-state index in [4.69, 9.17) is 5.73 Å². The Kier molecular flexibility index (Phi) is 8.24. The summed E-state index contributed by atoms with van der Waals surface area (Å²) < 4.78 is 2.10. The number of thioether (sulfide) groups is 1. The zero-order valence-corrected chi connectivity index (χ0v) is 20.2. The van der Waals surface area contributed by atoms with Crippen LogP contribution in [0.1, 0.15) is 48.1 Å². The molecule has 0 spiro atoms. The maximum Gasteiger partial charge on any atom is 0.248 e. The van der Waals surface area contributed by atoms with E-state index < -0.39 is 11.2 Å². The third-order valence-electron chi connectivity index (χ3n) is 5.33. The first-order valence-electron chi connectivity index (χ1n) is 10.8. The van der Waals surface area contributed by atoms with Gasteiger partial charge in [-0.2, -0.15) is 0 Å². The Bertz CT molecular complexity index is 1080. The number of amides is 2. The molecule has 0 saturated carbocycles. The van der Waals surface area contributed by atoms with Crippen LogP contribution in [0.5, 0.6) is 0 Å². The second-order valence-corrected chi connectivity index (χ2v) is 9.30. The van der Waals surface area contributed by atoms with Crippen molar-refractivity contribution in [1.82, 2.24) is 19.7 Å². The molecule has 174 valence electrons. The first-order chi connectivity index (χ1) is 15.8. The lowest BCUT2D eigenvalue weighted by atomic mass is 10.2. The highest BCUT2D eigenvalue weighted by atomic mass is 32.2. The van der Waals surface area contributed by atoms with Crippen LogP contribution in [0.3, 0.4) is 0 Å². The van der Waals surface area contributed by atoms with Crippen molar-refractivity contribution in [2.75, 3.05) is 19.4 Å². The van der Waals surface area contributed by atoms with Crippen LogP contribution >= 0.6 is 11.8 Å². The van der Waals surface area contributed by atoms with Crippen LogP contribution in [0.25, 0.3) is 0 Å². The fourth-order valence-electron chi connectivity index (χ4n) is 3.50. The molecule has 3 N–H and O–H groups in total. The lowest BCUT2D eigenvalue weighted by molar-refractivity contribution is -0.115. The summed E-state index contributed by atoms with van der Waals surface area (Å²) >= 11 is 1.37. The van der Waals surface area contributed by atoms with E-state index in [0.717, 1.165) is 17.8 Å². The maximum atomic E-state index is 12.8. The average Bonchev–Trinajstić information content (AvgIpc) is 3.16. The van der Waals surface area contributed by atoms with Crippen LogP contribution in [-0.2, 0) is 11.3 Å². The summed E-state index contributed by atoms with van der Waals surface area (Å²) in [4.78, 5) is 26.2. The lowest BCUT2D eigenvalue weighted by Crippen LogP contribution is -2.25. The van der Waals surface area contributed by atoms with Crippen LogP contribution in [0, 0.1) is 0 Å². The van der Waals surface area contributed by atoms with Gasteiger partial charge in [0, 0.05) is 11.3 Å². The zero-order chi connectivity index (χ0) is 24.0. The second-order valence-electron chi connectivity index (χ2n) is 7.99. The predicted octanol–water partition coefficient (Wildman–Crippen LogP) is 3.56. The Morgan fingerprint density at radius 2 is 1.76 bits per heavy atom. The number of anilines is 1. The first kappa shape index (κ1) is 24.5. The number of primary amides is 1. The quantitative estimate of drug-likeness (QED) is 0.443. The van der Waals surface area contributed by atoms with Gasteiger partial charge in [-0.05, 0) is 57.3 Å². The Hall–Kier alpha value is -3.17. The molecule has 1 aromatic heterocycles. The van der Waals surface area contributed by atoms with Crippen molar-refractivity contribution in [1.29, 1.82) is 0 Å².